The molecule has 2 heterocycles. The lowest BCUT2D eigenvalue weighted by molar-refractivity contribution is -0.132. The summed E-state index contributed by atoms with van der Waals surface area (Å²) in [5, 5.41) is 2.56. The number of pyridine rings is 1. The van der Waals surface area contributed by atoms with Crippen molar-refractivity contribution in [2.75, 3.05) is 13.6 Å². The molecule has 1 saturated heterocycles. The van der Waals surface area contributed by atoms with Crippen LogP contribution in [0, 0.1) is 0 Å². The van der Waals surface area contributed by atoms with Crippen LogP contribution in [0.15, 0.2) is 24.5 Å². The number of amides is 1. The SMILES string of the molecule is CN(Cc1ccncc1)C(=O)C1CC(F)(F)CN1.Cl.Cl. The summed E-state index contributed by atoms with van der Waals surface area (Å²) in [6.07, 6.45) is 2.84. The van der Waals surface area contributed by atoms with Gasteiger partial charge in [-0.05, 0) is 17.7 Å². The molecular weight excluding hydrogens is 311 g/mol. The normalized spacial score (nSPS) is 19.6. The number of rotatable bonds is 3. The van der Waals surface area contributed by atoms with Crippen LogP contribution in [0.5, 0.6) is 0 Å². The zero-order chi connectivity index (χ0) is 13.2. The Kier molecular flexibility index (Phi) is 7.33. The van der Waals surface area contributed by atoms with Crippen LogP contribution in [0.4, 0.5) is 8.78 Å². The Balaban J connectivity index is 0.00000180. The minimum Gasteiger partial charge on any atom is -0.340 e. The predicted molar refractivity (Wildman–Crippen MR) is 76.6 cm³/mol. The van der Waals surface area contributed by atoms with Crippen LogP contribution in [0.3, 0.4) is 0 Å². The quantitative estimate of drug-likeness (QED) is 0.922. The molecule has 1 fully saturated rings. The molecular formula is C12H17Cl2F2N3O. The highest BCUT2D eigenvalue weighted by Crippen LogP contribution is 2.26. The molecule has 1 amide bonds. The summed E-state index contributed by atoms with van der Waals surface area (Å²) in [7, 11) is 1.61. The lowest BCUT2D eigenvalue weighted by Crippen LogP contribution is -2.41. The average molecular weight is 328 g/mol. The van der Waals surface area contributed by atoms with Crippen molar-refractivity contribution in [3.05, 3.63) is 30.1 Å². The highest BCUT2D eigenvalue weighted by atomic mass is 35.5. The lowest BCUT2D eigenvalue weighted by atomic mass is 10.1. The molecule has 0 bridgehead atoms. The number of aromatic nitrogens is 1. The molecule has 20 heavy (non-hydrogen) atoms. The molecule has 4 nitrogen and oxygen atoms in total. The van der Waals surface area contributed by atoms with Gasteiger partial charge in [-0.1, -0.05) is 0 Å². The molecule has 1 atom stereocenters. The van der Waals surface area contributed by atoms with Crippen LogP contribution in [0.1, 0.15) is 12.0 Å². The van der Waals surface area contributed by atoms with E-state index in [4.69, 9.17) is 0 Å². The summed E-state index contributed by atoms with van der Waals surface area (Å²) in [5.74, 6) is -3.08. The number of nitrogens with zero attached hydrogens (tertiary/aromatic N) is 2. The Morgan fingerprint density at radius 1 is 1.45 bits per heavy atom. The van der Waals surface area contributed by atoms with Gasteiger partial charge >= 0.3 is 0 Å². The van der Waals surface area contributed by atoms with Crippen LogP contribution in [0.25, 0.3) is 0 Å². The third-order valence-electron chi connectivity index (χ3n) is 2.95. The van der Waals surface area contributed by atoms with Crippen LogP contribution in [-0.2, 0) is 11.3 Å². The number of hydrogen-bond donors (Lipinski definition) is 1. The van der Waals surface area contributed by atoms with Crippen molar-refractivity contribution in [3.8, 4) is 0 Å². The van der Waals surface area contributed by atoms with Crippen molar-refractivity contribution >= 4 is 30.7 Å². The van der Waals surface area contributed by atoms with E-state index in [1.54, 1.807) is 31.6 Å². The lowest BCUT2D eigenvalue weighted by Gasteiger charge is -2.21. The number of carbonyl (C=O) groups excluding carboxylic acids is 1. The molecule has 0 aromatic carbocycles. The van der Waals surface area contributed by atoms with Gasteiger partial charge in [0, 0.05) is 32.4 Å². The van der Waals surface area contributed by atoms with Crippen molar-refractivity contribution in [1.82, 2.24) is 15.2 Å². The van der Waals surface area contributed by atoms with Gasteiger partial charge in [0.2, 0.25) is 5.91 Å². The van der Waals surface area contributed by atoms with Gasteiger partial charge in [0.25, 0.3) is 5.92 Å². The zero-order valence-electron chi connectivity index (χ0n) is 10.9. The molecule has 114 valence electrons. The Bertz CT molecular complexity index is 434. The van der Waals surface area contributed by atoms with E-state index in [0.717, 1.165) is 5.56 Å². The summed E-state index contributed by atoms with van der Waals surface area (Å²) in [4.78, 5) is 17.3. The highest BCUT2D eigenvalue weighted by Gasteiger charge is 2.43. The van der Waals surface area contributed by atoms with Gasteiger partial charge in [0.15, 0.2) is 0 Å². The standard InChI is InChI=1S/C12H15F2N3O.2ClH/c1-17(7-9-2-4-15-5-3-9)11(18)10-6-12(13,14)8-16-10;;/h2-5,10,16H,6-8H2,1H3;2*1H. The first kappa shape index (κ1) is 19.0. The third-order valence-corrected chi connectivity index (χ3v) is 2.95. The molecule has 1 N–H and O–H groups in total. The summed E-state index contributed by atoms with van der Waals surface area (Å²) < 4.78 is 26.0. The average Bonchev–Trinajstić information content (AvgIpc) is 2.70. The van der Waals surface area contributed by atoms with Crippen LogP contribution in [0.2, 0.25) is 0 Å². The molecule has 0 saturated carbocycles. The molecule has 1 unspecified atom stereocenters. The Morgan fingerprint density at radius 3 is 2.55 bits per heavy atom. The number of alkyl halides is 2. The minimum atomic E-state index is -2.78. The summed E-state index contributed by atoms with van der Waals surface area (Å²) in [6, 6.07) is 2.80. The minimum absolute atomic E-state index is 0. The summed E-state index contributed by atoms with van der Waals surface area (Å²) in [5.41, 5.74) is 0.922. The molecule has 0 aliphatic carbocycles. The van der Waals surface area contributed by atoms with Crippen molar-refractivity contribution < 1.29 is 13.6 Å². The molecule has 8 heteroatoms. The number of hydrogen-bond acceptors (Lipinski definition) is 3. The fraction of sp³-hybridized carbons (Fsp3) is 0.500. The van der Waals surface area contributed by atoms with Crippen LogP contribution < -0.4 is 5.32 Å². The Morgan fingerprint density at radius 2 is 2.05 bits per heavy atom. The second-order valence-corrected chi connectivity index (χ2v) is 4.54. The molecule has 1 aromatic heterocycles. The first-order valence-electron chi connectivity index (χ1n) is 5.73. The summed E-state index contributed by atoms with van der Waals surface area (Å²) >= 11 is 0. The Hall–Kier alpha value is -0.980. The fourth-order valence-corrected chi connectivity index (χ4v) is 2.00. The number of likely N-dealkylation sites (N-methyl/N-ethyl adjacent to an activating group) is 1. The molecule has 1 aliphatic heterocycles. The van der Waals surface area contributed by atoms with E-state index in [0.29, 0.717) is 6.54 Å². The van der Waals surface area contributed by atoms with Crippen LogP contribution >= 0.6 is 24.8 Å². The fourth-order valence-electron chi connectivity index (χ4n) is 2.00. The van der Waals surface area contributed by atoms with E-state index < -0.39 is 24.9 Å². The maximum Gasteiger partial charge on any atom is 0.262 e. The van der Waals surface area contributed by atoms with E-state index in [1.807, 2.05) is 0 Å². The van der Waals surface area contributed by atoms with Crippen molar-refractivity contribution in [3.63, 3.8) is 0 Å². The zero-order valence-corrected chi connectivity index (χ0v) is 12.5. The van der Waals surface area contributed by atoms with E-state index in [2.05, 4.69) is 10.3 Å². The monoisotopic (exact) mass is 327 g/mol. The largest absolute Gasteiger partial charge is 0.340 e. The van der Waals surface area contributed by atoms with Gasteiger partial charge in [0.05, 0.1) is 12.6 Å². The van der Waals surface area contributed by atoms with Gasteiger partial charge in [-0.25, -0.2) is 8.78 Å². The van der Waals surface area contributed by atoms with Gasteiger partial charge in [-0.2, -0.15) is 0 Å². The third kappa shape index (κ3) is 4.85. The van der Waals surface area contributed by atoms with E-state index in [1.165, 1.54) is 4.90 Å². The van der Waals surface area contributed by atoms with Crippen LogP contribution in [-0.4, -0.2) is 41.3 Å². The topological polar surface area (TPSA) is 45.2 Å². The number of carbonyl (C=O) groups is 1. The van der Waals surface area contributed by atoms with Crippen molar-refractivity contribution in [2.45, 2.75) is 24.9 Å². The highest BCUT2D eigenvalue weighted by molar-refractivity contribution is 5.85. The second kappa shape index (κ2) is 7.71. The van der Waals surface area contributed by atoms with E-state index in [9.17, 15) is 13.6 Å². The van der Waals surface area contributed by atoms with Gasteiger partial charge in [-0.15, -0.1) is 24.8 Å². The predicted octanol–water partition coefficient (Wildman–Crippen LogP) is 1.88. The first-order valence-corrected chi connectivity index (χ1v) is 5.73. The maximum atomic E-state index is 13.0. The Labute approximate surface area is 128 Å². The molecule has 0 radical (unpaired) electrons. The van der Waals surface area contributed by atoms with E-state index >= 15 is 0 Å². The summed E-state index contributed by atoms with van der Waals surface area (Å²) in [6.45, 7) is -0.0302. The maximum absolute atomic E-state index is 13.0. The number of nitrogens with one attached hydrogen (secondary N) is 1. The van der Waals surface area contributed by atoms with Gasteiger partial charge in [-0.3, -0.25) is 15.1 Å². The first-order chi connectivity index (χ1) is 8.48. The molecule has 0 spiro atoms. The molecule has 1 aliphatic rings. The van der Waals surface area contributed by atoms with Crippen molar-refractivity contribution in [1.29, 1.82) is 0 Å². The van der Waals surface area contributed by atoms with Gasteiger partial charge < -0.3 is 4.90 Å². The van der Waals surface area contributed by atoms with E-state index in [-0.39, 0.29) is 30.7 Å². The van der Waals surface area contributed by atoms with Gasteiger partial charge in [0.1, 0.15) is 0 Å². The molecule has 1 aromatic rings. The number of halogens is 4. The molecule has 2 rings (SSSR count). The smallest absolute Gasteiger partial charge is 0.262 e. The second-order valence-electron chi connectivity index (χ2n) is 4.54. The van der Waals surface area contributed by atoms with Crippen molar-refractivity contribution in [2.24, 2.45) is 0 Å².